The smallest absolute Gasteiger partial charge is 0.329 e. The quantitative estimate of drug-likeness (QED) is 0.513. The fourth-order valence-electron chi connectivity index (χ4n) is 2.39. The van der Waals surface area contributed by atoms with Crippen LogP contribution in [0.15, 0.2) is 23.3 Å². The molecule has 1 aliphatic rings. The Morgan fingerprint density at radius 3 is 2.57 bits per heavy atom. The second-order valence-corrected chi connectivity index (χ2v) is 5.16. The molecule has 1 saturated heterocycles. The predicted molar refractivity (Wildman–Crippen MR) is 85.7 cm³/mol. The van der Waals surface area contributed by atoms with E-state index < -0.39 is 11.8 Å². The minimum absolute atomic E-state index is 0.542. The number of ether oxygens (including phenoxy) is 2. The van der Waals surface area contributed by atoms with E-state index in [1.807, 2.05) is 0 Å². The van der Waals surface area contributed by atoms with E-state index in [-0.39, 0.29) is 0 Å². The van der Waals surface area contributed by atoms with Gasteiger partial charge >= 0.3 is 11.8 Å². The van der Waals surface area contributed by atoms with Gasteiger partial charge in [0.05, 0.1) is 20.4 Å². The van der Waals surface area contributed by atoms with Crippen molar-refractivity contribution >= 4 is 18.0 Å². The molecule has 0 atom stereocenters. The van der Waals surface area contributed by atoms with Gasteiger partial charge in [0.1, 0.15) is 11.5 Å². The maximum Gasteiger partial charge on any atom is 0.329 e. The summed E-state index contributed by atoms with van der Waals surface area (Å²) in [5, 5.41) is 3.83. The van der Waals surface area contributed by atoms with Gasteiger partial charge in [-0.2, -0.15) is 5.10 Å². The first-order valence-electron chi connectivity index (χ1n) is 7.50. The van der Waals surface area contributed by atoms with Crippen LogP contribution < -0.4 is 14.9 Å². The summed E-state index contributed by atoms with van der Waals surface area (Å²) in [7, 11) is 3.10. The molecule has 1 fully saturated rings. The number of nitrogens with zero attached hydrogens (tertiary/aromatic N) is 2. The van der Waals surface area contributed by atoms with E-state index in [0.29, 0.717) is 30.2 Å². The van der Waals surface area contributed by atoms with Crippen LogP contribution in [0.2, 0.25) is 0 Å². The third kappa shape index (κ3) is 4.45. The molecule has 23 heavy (non-hydrogen) atoms. The Labute approximate surface area is 135 Å². The highest BCUT2D eigenvalue weighted by Crippen LogP contribution is 2.22. The Hall–Kier alpha value is -2.57. The zero-order chi connectivity index (χ0) is 16.7. The number of carbonyl (C=O) groups excluding carboxylic acids is 2. The van der Waals surface area contributed by atoms with Crippen LogP contribution in [0.3, 0.4) is 0 Å². The van der Waals surface area contributed by atoms with Gasteiger partial charge in [0.2, 0.25) is 0 Å². The highest BCUT2D eigenvalue weighted by atomic mass is 16.5. The van der Waals surface area contributed by atoms with Gasteiger partial charge in [0, 0.05) is 18.7 Å². The monoisotopic (exact) mass is 319 g/mol. The van der Waals surface area contributed by atoms with Gasteiger partial charge in [-0.15, -0.1) is 0 Å². The summed E-state index contributed by atoms with van der Waals surface area (Å²) < 4.78 is 10.3. The second-order valence-electron chi connectivity index (χ2n) is 5.16. The number of piperidine rings is 1. The number of benzene rings is 1. The number of hydrogen-bond donors (Lipinski definition) is 1. The molecule has 7 nitrogen and oxygen atoms in total. The Balaban J connectivity index is 1.97. The van der Waals surface area contributed by atoms with Crippen LogP contribution in [0.1, 0.15) is 24.8 Å². The minimum Gasteiger partial charge on any atom is -0.497 e. The molecule has 2 amide bonds. The molecule has 7 heteroatoms. The van der Waals surface area contributed by atoms with Gasteiger partial charge in [-0.05, 0) is 37.5 Å². The molecule has 1 aromatic rings. The van der Waals surface area contributed by atoms with E-state index in [1.54, 1.807) is 30.2 Å². The number of rotatable bonds is 4. The molecule has 1 aromatic carbocycles. The molecule has 124 valence electrons. The molecular formula is C16H21N3O4. The zero-order valence-corrected chi connectivity index (χ0v) is 13.4. The minimum atomic E-state index is -0.731. The number of amides is 2. The average Bonchev–Trinajstić information content (AvgIpc) is 2.61. The first-order chi connectivity index (χ1) is 11.2. The molecule has 1 N–H and O–H groups in total. The van der Waals surface area contributed by atoms with Crippen molar-refractivity contribution in [2.45, 2.75) is 19.3 Å². The number of likely N-dealkylation sites (tertiary alicyclic amines) is 1. The van der Waals surface area contributed by atoms with Crippen LogP contribution >= 0.6 is 0 Å². The lowest BCUT2D eigenvalue weighted by atomic mass is 10.1. The molecule has 1 heterocycles. The van der Waals surface area contributed by atoms with Crippen molar-refractivity contribution in [3.05, 3.63) is 23.8 Å². The summed E-state index contributed by atoms with van der Waals surface area (Å²) in [6.45, 7) is 1.25. The van der Waals surface area contributed by atoms with Crippen LogP contribution in [0.4, 0.5) is 0 Å². The molecule has 0 radical (unpaired) electrons. The lowest BCUT2D eigenvalue weighted by molar-refractivity contribution is -0.146. The number of hydrazone groups is 1. The van der Waals surface area contributed by atoms with Gasteiger partial charge in [0.25, 0.3) is 0 Å². The van der Waals surface area contributed by atoms with Crippen molar-refractivity contribution in [3.63, 3.8) is 0 Å². The summed E-state index contributed by atoms with van der Waals surface area (Å²) in [5.74, 6) is -0.0430. The highest BCUT2D eigenvalue weighted by Gasteiger charge is 2.22. The van der Waals surface area contributed by atoms with Crippen LogP contribution in [-0.4, -0.2) is 50.2 Å². The largest absolute Gasteiger partial charge is 0.497 e. The van der Waals surface area contributed by atoms with Crippen LogP contribution in [0.5, 0.6) is 11.5 Å². The number of hydrogen-bond acceptors (Lipinski definition) is 5. The SMILES string of the molecule is COc1ccc(OC)c(C=NNC(=O)C(=O)N2CCCCC2)c1. The van der Waals surface area contributed by atoms with Gasteiger partial charge in [-0.3, -0.25) is 9.59 Å². The van der Waals surface area contributed by atoms with E-state index in [9.17, 15) is 9.59 Å². The van der Waals surface area contributed by atoms with Crippen molar-refractivity contribution in [2.75, 3.05) is 27.3 Å². The molecule has 1 aliphatic heterocycles. The van der Waals surface area contributed by atoms with E-state index in [0.717, 1.165) is 19.3 Å². The molecule has 0 aliphatic carbocycles. The van der Waals surface area contributed by atoms with Gasteiger partial charge in [0.15, 0.2) is 0 Å². The Morgan fingerprint density at radius 1 is 1.17 bits per heavy atom. The Bertz CT molecular complexity index is 595. The first kappa shape index (κ1) is 16.8. The molecule has 0 spiro atoms. The van der Waals surface area contributed by atoms with Crippen molar-refractivity contribution < 1.29 is 19.1 Å². The standard InChI is InChI=1S/C16H21N3O4/c1-22-13-6-7-14(23-2)12(10-13)11-17-18-15(20)16(21)19-8-4-3-5-9-19/h6-7,10-11H,3-5,8-9H2,1-2H3,(H,18,20). The van der Waals surface area contributed by atoms with Gasteiger partial charge in [-0.25, -0.2) is 5.43 Å². The summed E-state index contributed by atoms with van der Waals surface area (Å²) in [5.41, 5.74) is 2.90. The summed E-state index contributed by atoms with van der Waals surface area (Å²) in [6, 6.07) is 5.22. The average molecular weight is 319 g/mol. The topological polar surface area (TPSA) is 80.2 Å². The fraction of sp³-hybridized carbons (Fsp3) is 0.438. The molecule has 0 aromatic heterocycles. The van der Waals surface area contributed by atoms with Crippen molar-refractivity contribution in [1.82, 2.24) is 10.3 Å². The number of methoxy groups -OCH3 is 2. The van der Waals surface area contributed by atoms with E-state index in [4.69, 9.17) is 9.47 Å². The lowest BCUT2D eigenvalue weighted by Crippen LogP contribution is -2.43. The highest BCUT2D eigenvalue weighted by molar-refractivity contribution is 6.35. The predicted octanol–water partition coefficient (Wildman–Crippen LogP) is 1.17. The fourth-order valence-corrected chi connectivity index (χ4v) is 2.39. The normalized spacial score (nSPS) is 14.6. The maximum absolute atomic E-state index is 12.0. The first-order valence-corrected chi connectivity index (χ1v) is 7.50. The van der Waals surface area contributed by atoms with Crippen LogP contribution in [-0.2, 0) is 9.59 Å². The molecule has 2 rings (SSSR count). The van der Waals surface area contributed by atoms with E-state index in [2.05, 4.69) is 10.5 Å². The van der Waals surface area contributed by atoms with E-state index in [1.165, 1.54) is 13.3 Å². The Morgan fingerprint density at radius 2 is 1.91 bits per heavy atom. The van der Waals surface area contributed by atoms with Crippen molar-refractivity contribution in [1.29, 1.82) is 0 Å². The Kier molecular flexibility index (Phi) is 5.96. The zero-order valence-electron chi connectivity index (χ0n) is 13.4. The van der Waals surface area contributed by atoms with E-state index >= 15 is 0 Å². The van der Waals surface area contributed by atoms with Crippen molar-refractivity contribution in [3.8, 4) is 11.5 Å². The molecule has 0 saturated carbocycles. The number of carbonyl (C=O) groups is 2. The van der Waals surface area contributed by atoms with Gasteiger partial charge in [-0.1, -0.05) is 0 Å². The number of nitrogens with one attached hydrogen (secondary N) is 1. The van der Waals surface area contributed by atoms with Crippen LogP contribution in [0, 0.1) is 0 Å². The summed E-state index contributed by atoms with van der Waals surface area (Å²) in [4.78, 5) is 25.4. The second kappa shape index (κ2) is 8.17. The lowest BCUT2D eigenvalue weighted by Gasteiger charge is -2.25. The summed E-state index contributed by atoms with van der Waals surface area (Å²) in [6.07, 6.45) is 4.38. The third-order valence-corrected chi connectivity index (χ3v) is 3.64. The summed E-state index contributed by atoms with van der Waals surface area (Å²) >= 11 is 0. The van der Waals surface area contributed by atoms with Gasteiger partial charge < -0.3 is 14.4 Å². The third-order valence-electron chi connectivity index (χ3n) is 3.64. The maximum atomic E-state index is 12.0. The van der Waals surface area contributed by atoms with Crippen molar-refractivity contribution in [2.24, 2.45) is 5.10 Å². The van der Waals surface area contributed by atoms with Crippen LogP contribution in [0.25, 0.3) is 0 Å². The molecule has 0 unspecified atom stereocenters. The molecular weight excluding hydrogens is 298 g/mol. The molecule has 0 bridgehead atoms.